The van der Waals surface area contributed by atoms with Crippen LogP contribution in [0.4, 0.5) is 0 Å². The summed E-state index contributed by atoms with van der Waals surface area (Å²) in [7, 11) is 0. The summed E-state index contributed by atoms with van der Waals surface area (Å²) in [5.74, 6) is 1.66. The van der Waals surface area contributed by atoms with Gasteiger partial charge in [-0.1, -0.05) is 20.8 Å². The highest BCUT2D eigenvalue weighted by atomic mass is 16.1. The van der Waals surface area contributed by atoms with Crippen LogP contribution in [-0.2, 0) is 18.5 Å². The van der Waals surface area contributed by atoms with Gasteiger partial charge in [-0.15, -0.1) is 0 Å². The molecule has 0 amide bonds. The van der Waals surface area contributed by atoms with Gasteiger partial charge in [0, 0.05) is 48.9 Å². The summed E-state index contributed by atoms with van der Waals surface area (Å²) in [6.07, 6.45) is 6.58. The summed E-state index contributed by atoms with van der Waals surface area (Å²) in [4.78, 5) is 19.0. The van der Waals surface area contributed by atoms with Crippen molar-refractivity contribution in [3.63, 3.8) is 0 Å². The fourth-order valence-corrected chi connectivity index (χ4v) is 3.50. The normalized spacial score (nSPS) is 19.2. The molecule has 6 heteroatoms. The molecule has 25 heavy (non-hydrogen) atoms. The maximum absolute atomic E-state index is 12.1. The molecule has 3 heterocycles. The van der Waals surface area contributed by atoms with Gasteiger partial charge in [0.1, 0.15) is 5.82 Å². The van der Waals surface area contributed by atoms with Gasteiger partial charge in [0.2, 0.25) is 0 Å². The molecule has 0 atom stereocenters. The molecule has 2 aromatic rings. The molecule has 1 saturated carbocycles. The van der Waals surface area contributed by atoms with Crippen molar-refractivity contribution in [2.24, 2.45) is 5.92 Å². The number of hydrogen-bond acceptors (Lipinski definition) is 4. The standard InChI is InChI=1S/C19H27N5O/c1-19(2,3)16-6-7-18(25)24(21-16)12-14-10-22(11-14)13-17-20-8-9-23(17)15-4-5-15/h6-9,14-15H,4-5,10-13H2,1-3H3. The van der Waals surface area contributed by atoms with Crippen molar-refractivity contribution in [2.45, 2.75) is 58.2 Å². The van der Waals surface area contributed by atoms with Crippen molar-refractivity contribution in [1.29, 1.82) is 0 Å². The molecule has 2 fully saturated rings. The first-order valence-electron chi connectivity index (χ1n) is 9.23. The molecule has 0 unspecified atom stereocenters. The lowest BCUT2D eigenvalue weighted by Gasteiger charge is -2.39. The predicted molar refractivity (Wildman–Crippen MR) is 96.5 cm³/mol. The molecule has 6 nitrogen and oxygen atoms in total. The summed E-state index contributed by atoms with van der Waals surface area (Å²) >= 11 is 0. The first-order chi connectivity index (χ1) is 11.9. The largest absolute Gasteiger partial charge is 0.331 e. The van der Waals surface area contributed by atoms with Crippen LogP contribution in [0, 0.1) is 5.92 Å². The molecule has 2 aliphatic rings. The third-order valence-corrected chi connectivity index (χ3v) is 5.15. The van der Waals surface area contributed by atoms with Gasteiger partial charge in [-0.3, -0.25) is 9.69 Å². The molecule has 1 aliphatic heterocycles. The number of rotatable bonds is 5. The van der Waals surface area contributed by atoms with Gasteiger partial charge in [0.15, 0.2) is 0 Å². The van der Waals surface area contributed by atoms with Crippen LogP contribution in [0.25, 0.3) is 0 Å². The Bertz CT molecular complexity index is 806. The maximum atomic E-state index is 12.1. The highest BCUT2D eigenvalue weighted by Gasteiger charge is 2.31. The molecule has 0 bridgehead atoms. The third-order valence-electron chi connectivity index (χ3n) is 5.15. The Morgan fingerprint density at radius 2 is 1.96 bits per heavy atom. The summed E-state index contributed by atoms with van der Waals surface area (Å²) in [6, 6.07) is 4.18. The van der Waals surface area contributed by atoms with Crippen LogP contribution in [0.3, 0.4) is 0 Å². The Balaban J connectivity index is 1.35. The monoisotopic (exact) mass is 341 g/mol. The van der Waals surface area contributed by atoms with E-state index in [2.05, 4.69) is 46.5 Å². The summed E-state index contributed by atoms with van der Waals surface area (Å²) in [5.41, 5.74) is 0.923. The SMILES string of the molecule is CC(C)(C)c1ccc(=O)n(CC2CN(Cc3nccn3C3CC3)C2)n1. The first kappa shape index (κ1) is 16.5. The van der Waals surface area contributed by atoms with Crippen molar-refractivity contribution in [3.8, 4) is 0 Å². The van der Waals surface area contributed by atoms with Crippen molar-refractivity contribution >= 4 is 0 Å². The minimum Gasteiger partial charge on any atom is -0.331 e. The molecular formula is C19H27N5O. The van der Waals surface area contributed by atoms with Crippen molar-refractivity contribution < 1.29 is 0 Å². The first-order valence-corrected chi connectivity index (χ1v) is 9.23. The Kier molecular flexibility index (Phi) is 4.02. The summed E-state index contributed by atoms with van der Waals surface area (Å²) < 4.78 is 3.97. The van der Waals surface area contributed by atoms with Crippen LogP contribution in [0.5, 0.6) is 0 Å². The molecule has 0 radical (unpaired) electrons. The third kappa shape index (κ3) is 3.54. The van der Waals surface area contributed by atoms with Crippen LogP contribution in [0.1, 0.15) is 51.2 Å². The summed E-state index contributed by atoms with van der Waals surface area (Å²) in [5, 5.41) is 4.58. The van der Waals surface area contributed by atoms with Crippen LogP contribution >= 0.6 is 0 Å². The Hall–Kier alpha value is -1.95. The number of nitrogens with zero attached hydrogens (tertiary/aromatic N) is 5. The molecule has 0 spiro atoms. The van der Waals surface area contributed by atoms with Gasteiger partial charge in [0.05, 0.1) is 18.8 Å². The second-order valence-corrected chi connectivity index (χ2v) is 8.53. The Morgan fingerprint density at radius 1 is 1.20 bits per heavy atom. The van der Waals surface area contributed by atoms with Crippen molar-refractivity contribution in [3.05, 3.63) is 46.4 Å². The average Bonchev–Trinajstić information content (AvgIpc) is 3.25. The fraction of sp³-hybridized carbons (Fsp3) is 0.632. The van der Waals surface area contributed by atoms with E-state index in [4.69, 9.17) is 0 Å². The number of imidazole rings is 1. The minimum atomic E-state index is -0.0407. The van der Waals surface area contributed by atoms with Crippen molar-refractivity contribution in [1.82, 2.24) is 24.2 Å². The second kappa shape index (κ2) is 6.09. The van der Waals surface area contributed by atoms with Gasteiger partial charge in [-0.05, 0) is 18.9 Å². The zero-order valence-corrected chi connectivity index (χ0v) is 15.4. The number of aromatic nitrogens is 4. The topological polar surface area (TPSA) is 56.0 Å². The van der Waals surface area contributed by atoms with E-state index in [1.54, 1.807) is 10.7 Å². The maximum Gasteiger partial charge on any atom is 0.266 e. The minimum absolute atomic E-state index is 0.00396. The molecule has 1 saturated heterocycles. The van der Waals surface area contributed by atoms with Gasteiger partial charge < -0.3 is 4.57 Å². The van der Waals surface area contributed by atoms with E-state index in [0.29, 0.717) is 18.5 Å². The average molecular weight is 341 g/mol. The predicted octanol–water partition coefficient (Wildman–Crippen LogP) is 2.20. The molecule has 0 aromatic carbocycles. The molecule has 4 rings (SSSR count). The van der Waals surface area contributed by atoms with E-state index in [1.807, 2.05) is 12.3 Å². The van der Waals surface area contributed by atoms with E-state index < -0.39 is 0 Å². The zero-order valence-electron chi connectivity index (χ0n) is 15.4. The van der Waals surface area contributed by atoms with Gasteiger partial charge >= 0.3 is 0 Å². The Labute approximate surface area is 148 Å². The molecule has 134 valence electrons. The quantitative estimate of drug-likeness (QED) is 0.837. The van der Waals surface area contributed by atoms with Crippen LogP contribution in [0.2, 0.25) is 0 Å². The smallest absolute Gasteiger partial charge is 0.266 e. The van der Waals surface area contributed by atoms with E-state index in [-0.39, 0.29) is 11.0 Å². The van der Waals surface area contributed by atoms with Gasteiger partial charge in [-0.2, -0.15) is 5.10 Å². The lowest BCUT2D eigenvalue weighted by Crippen LogP contribution is -2.49. The fourth-order valence-electron chi connectivity index (χ4n) is 3.50. The molecule has 1 aliphatic carbocycles. The van der Waals surface area contributed by atoms with E-state index >= 15 is 0 Å². The van der Waals surface area contributed by atoms with Crippen molar-refractivity contribution in [2.75, 3.05) is 13.1 Å². The van der Waals surface area contributed by atoms with Crippen LogP contribution in [0.15, 0.2) is 29.3 Å². The van der Waals surface area contributed by atoms with Gasteiger partial charge in [-0.25, -0.2) is 9.67 Å². The van der Waals surface area contributed by atoms with Crippen LogP contribution < -0.4 is 5.56 Å². The molecule has 0 N–H and O–H groups in total. The highest BCUT2D eigenvalue weighted by molar-refractivity contribution is 5.10. The lowest BCUT2D eigenvalue weighted by molar-refractivity contribution is 0.0726. The highest BCUT2D eigenvalue weighted by Crippen LogP contribution is 2.36. The number of likely N-dealkylation sites (tertiary alicyclic amines) is 1. The zero-order chi connectivity index (χ0) is 17.6. The molecule has 2 aromatic heterocycles. The van der Waals surface area contributed by atoms with Gasteiger partial charge in [0.25, 0.3) is 5.56 Å². The second-order valence-electron chi connectivity index (χ2n) is 8.53. The van der Waals surface area contributed by atoms with E-state index in [0.717, 1.165) is 25.3 Å². The van der Waals surface area contributed by atoms with Crippen LogP contribution in [-0.4, -0.2) is 37.3 Å². The molecular weight excluding hydrogens is 314 g/mol. The Morgan fingerprint density at radius 3 is 2.64 bits per heavy atom. The van der Waals surface area contributed by atoms with E-state index in [9.17, 15) is 4.79 Å². The summed E-state index contributed by atoms with van der Waals surface area (Å²) in [6.45, 7) is 9.99. The lowest BCUT2D eigenvalue weighted by atomic mass is 9.92. The van der Waals surface area contributed by atoms with E-state index in [1.165, 1.54) is 18.7 Å². The number of hydrogen-bond donors (Lipinski definition) is 0.